The molecule has 2 aromatic carbocycles. The molecule has 9 heteroatoms. The van der Waals surface area contributed by atoms with Crippen LogP contribution in [-0.4, -0.2) is 85.3 Å². The number of amides is 2. The van der Waals surface area contributed by atoms with Crippen LogP contribution in [0.2, 0.25) is 0 Å². The molecule has 0 N–H and O–H groups in total. The van der Waals surface area contributed by atoms with Crippen LogP contribution in [0, 0.1) is 0 Å². The fourth-order valence-electron chi connectivity index (χ4n) is 4.32. The van der Waals surface area contributed by atoms with Gasteiger partial charge in [0.15, 0.2) is 5.82 Å². The number of ether oxygens (including phenoxy) is 2. The summed E-state index contributed by atoms with van der Waals surface area (Å²) in [4.78, 5) is 31.7. The van der Waals surface area contributed by atoms with Gasteiger partial charge in [-0.1, -0.05) is 19.1 Å². The molecule has 0 unspecified atom stereocenters. The number of carbonyl (C=O) groups is 2. The van der Waals surface area contributed by atoms with Crippen molar-refractivity contribution in [1.82, 2.24) is 20.0 Å². The quantitative estimate of drug-likeness (QED) is 0.442. The lowest BCUT2D eigenvalue weighted by atomic mass is 10.1. The maximum absolute atomic E-state index is 13.1. The van der Waals surface area contributed by atoms with Crippen molar-refractivity contribution in [1.29, 1.82) is 0 Å². The number of nitrogens with zero attached hydrogens (tertiary/aromatic N) is 5. The zero-order valence-electron chi connectivity index (χ0n) is 21.6. The van der Waals surface area contributed by atoms with Crippen LogP contribution in [0.25, 0.3) is 11.3 Å². The van der Waals surface area contributed by atoms with Crippen LogP contribution in [0.3, 0.4) is 0 Å². The van der Waals surface area contributed by atoms with E-state index in [-0.39, 0.29) is 18.4 Å². The summed E-state index contributed by atoms with van der Waals surface area (Å²) in [7, 11) is 3.22. The Kier molecular flexibility index (Phi) is 8.56. The van der Waals surface area contributed by atoms with E-state index in [2.05, 4.69) is 15.1 Å². The number of methoxy groups -OCH3 is 2. The maximum Gasteiger partial charge on any atom is 0.254 e. The molecule has 1 aromatic heterocycles. The Labute approximate surface area is 217 Å². The van der Waals surface area contributed by atoms with E-state index in [1.807, 2.05) is 48.2 Å². The predicted octanol–water partition coefficient (Wildman–Crippen LogP) is 3.36. The van der Waals surface area contributed by atoms with E-state index in [0.717, 1.165) is 29.2 Å². The number of hydrogen-bond donors (Lipinski definition) is 0. The zero-order valence-corrected chi connectivity index (χ0v) is 21.6. The lowest BCUT2D eigenvalue weighted by molar-refractivity contribution is -0.132. The van der Waals surface area contributed by atoms with Crippen molar-refractivity contribution in [3.05, 3.63) is 66.2 Å². The largest absolute Gasteiger partial charge is 0.497 e. The fraction of sp³-hybridized carbons (Fsp3) is 0.357. The van der Waals surface area contributed by atoms with E-state index in [9.17, 15) is 9.59 Å². The number of benzene rings is 2. The monoisotopic (exact) mass is 503 g/mol. The molecule has 9 nitrogen and oxygen atoms in total. The van der Waals surface area contributed by atoms with E-state index in [1.54, 1.807) is 43.4 Å². The summed E-state index contributed by atoms with van der Waals surface area (Å²) in [6.45, 7) is 5.01. The van der Waals surface area contributed by atoms with Crippen LogP contribution < -0.4 is 14.4 Å². The van der Waals surface area contributed by atoms with Gasteiger partial charge >= 0.3 is 0 Å². The molecule has 1 aliphatic heterocycles. The van der Waals surface area contributed by atoms with Crippen LogP contribution in [-0.2, 0) is 4.79 Å². The normalized spacial score (nSPS) is 13.3. The molecule has 4 rings (SSSR count). The van der Waals surface area contributed by atoms with Crippen molar-refractivity contribution in [2.75, 3.05) is 58.4 Å². The van der Waals surface area contributed by atoms with Crippen LogP contribution in [0.5, 0.6) is 11.5 Å². The first-order valence-corrected chi connectivity index (χ1v) is 12.5. The molecule has 0 aliphatic carbocycles. The van der Waals surface area contributed by atoms with E-state index in [4.69, 9.17) is 9.47 Å². The molecular formula is C28H33N5O4. The van der Waals surface area contributed by atoms with Gasteiger partial charge in [0.25, 0.3) is 5.91 Å². The highest BCUT2D eigenvalue weighted by atomic mass is 16.5. The Hall–Kier alpha value is -4.14. The number of hydrogen-bond acceptors (Lipinski definition) is 7. The fourth-order valence-corrected chi connectivity index (χ4v) is 4.32. The molecule has 1 saturated heterocycles. The molecule has 0 radical (unpaired) electrons. The Morgan fingerprint density at radius 1 is 0.892 bits per heavy atom. The van der Waals surface area contributed by atoms with Gasteiger partial charge in [-0.2, -0.15) is 0 Å². The van der Waals surface area contributed by atoms with E-state index in [0.29, 0.717) is 44.0 Å². The predicted molar refractivity (Wildman–Crippen MR) is 142 cm³/mol. The molecule has 0 saturated carbocycles. The van der Waals surface area contributed by atoms with E-state index < -0.39 is 0 Å². The third kappa shape index (κ3) is 6.35. The van der Waals surface area contributed by atoms with Gasteiger partial charge in [0, 0.05) is 43.9 Å². The minimum atomic E-state index is -0.150. The van der Waals surface area contributed by atoms with Gasteiger partial charge in [-0.15, -0.1) is 10.2 Å². The minimum Gasteiger partial charge on any atom is -0.497 e. The van der Waals surface area contributed by atoms with Crippen LogP contribution in [0.1, 0.15) is 23.7 Å². The molecule has 1 fully saturated rings. The number of aromatic nitrogens is 2. The summed E-state index contributed by atoms with van der Waals surface area (Å²) in [5.41, 5.74) is 2.26. The third-order valence-electron chi connectivity index (χ3n) is 6.42. The molecule has 0 atom stereocenters. The van der Waals surface area contributed by atoms with Crippen molar-refractivity contribution in [3.8, 4) is 22.8 Å². The molecule has 1 aliphatic rings. The first-order chi connectivity index (χ1) is 18.0. The van der Waals surface area contributed by atoms with Crippen LogP contribution in [0.15, 0.2) is 60.7 Å². The highest BCUT2D eigenvalue weighted by Gasteiger charge is 2.25. The highest BCUT2D eigenvalue weighted by Crippen LogP contribution is 2.23. The van der Waals surface area contributed by atoms with Crippen molar-refractivity contribution in [3.63, 3.8) is 0 Å². The Morgan fingerprint density at radius 2 is 1.62 bits per heavy atom. The molecule has 2 amide bonds. The highest BCUT2D eigenvalue weighted by molar-refractivity contribution is 5.96. The number of piperazine rings is 1. The molecule has 3 aromatic rings. The average Bonchev–Trinajstić information content (AvgIpc) is 2.96. The standard InChI is InChI=1S/C28H33N5O4/c1-4-14-33(28(35)21-8-10-23(36-2)11-9-21)20-27(34)32-17-15-31(16-18-32)26-13-12-25(29-30-26)22-6-5-7-24(19-22)37-3/h5-13,19H,4,14-18,20H2,1-3H3. The first-order valence-electron chi connectivity index (χ1n) is 12.5. The van der Waals surface area contributed by atoms with Gasteiger partial charge in [-0.3, -0.25) is 9.59 Å². The first kappa shape index (κ1) is 25.9. The second-order valence-electron chi connectivity index (χ2n) is 8.83. The Morgan fingerprint density at radius 3 is 2.24 bits per heavy atom. The second-order valence-corrected chi connectivity index (χ2v) is 8.83. The summed E-state index contributed by atoms with van der Waals surface area (Å²) in [6, 6.07) is 18.6. The molecule has 0 spiro atoms. The molecule has 2 heterocycles. The summed E-state index contributed by atoms with van der Waals surface area (Å²) >= 11 is 0. The van der Waals surface area contributed by atoms with Crippen LogP contribution in [0.4, 0.5) is 5.82 Å². The number of anilines is 1. The van der Waals surface area contributed by atoms with E-state index >= 15 is 0 Å². The van der Waals surface area contributed by atoms with Gasteiger partial charge in [0.05, 0.1) is 19.9 Å². The smallest absolute Gasteiger partial charge is 0.254 e. The molecule has 37 heavy (non-hydrogen) atoms. The molecule has 194 valence electrons. The summed E-state index contributed by atoms with van der Waals surface area (Å²) in [6.07, 6.45) is 0.771. The molecule has 0 bridgehead atoms. The van der Waals surface area contributed by atoms with Gasteiger partial charge in [-0.05, 0) is 55.0 Å². The topological polar surface area (TPSA) is 88.1 Å². The van der Waals surface area contributed by atoms with Gasteiger partial charge in [0.2, 0.25) is 5.91 Å². The lowest BCUT2D eigenvalue weighted by Crippen LogP contribution is -2.52. The van der Waals surface area contributed by atoms with Crippen LogP contribution >= 0.6 is 0 Å². The summed E-state index contributed by atoms with van der Waals surface area (Å²) in [5.74, 6) is 2.04. The lowest BCUT2D eigenvalue weighted by Gasteiger charge is -2.36. The van der Waals surface area contributed by atoms with Gasteiger partial charge in [-0.25, -0.2) is 0 Å². The second kappa shape index (κ2) is 12.2. The Balaban J connectivity index is 1.33. The maximum atomic E-state index is 13.1. The number of carbonyl (C=O) groups excluding carboxylic acids is 2. The molecular weight excluding hydrogens is 470 g/mol. The van der Waals surface area contributed by atoms with Crippen molar-refractivity contribution in [2.24, 2.45) is 0 Å². The van der Waals surface area contributed by atoms with Gasteiger partial charge in [0.1, 0.15) is 18.0 Å². The van der Waals surface area contributed by atoms with E-state index in [1.165, 1.54) is 0 Å². The van der Waals surface area contributed by atoms with Crippen molar-refractivity contribution in [2.45, 2.75) is 13.3 Å². The summed E-state index contributed by atoms with van der Waals surface area (Å²) < 4.78 is 10.5. The van der Waals surface area contributed by atoms with Crippen molar-refractivity contribution < 1.29 is 19.1 Å². The minimum absolute atomic E-state index is 0.0468. The van der Waals surface area contributed by atoms with Gasteiger partial charge < -0.3 is 24.2 Å². The zero-order chi connectivity index (χ0) is 26.2. The third-order valence-corrected chi connectivity index (χ3v) is 6.42. The Bertz CT molecular complexity index is 1190. The number of rotatable bonds is 9. The SMILES string of the molecule is CCCN(CC(=O)N1CCN(c2ccc(-c3cccc(OC)c3)nn2)CC1)C(=O)c1ccc(OC)cc1. The average molecular weight is 504 g/mol. The summed E-state index contributed by atoms with van der Waals surface area (Å²) in [5, 5.41) is 8.81. The van der Waals surface area contributed by atoms with Crippen molar-refractivity contribution >= 4 is 17.6 Å².